The summed E-state index contributed by atoms with van der Waals surface area (Å²) in [5.41, 5.74) is 0. The SMILES string of the molecule is OOB(O)O.[NaH].[NaH]. The van der Waals surface area contributed by atoms with Crippen LogP contribution in [0.15, 0.2) is 0 Å². The van der Waals surface area contributed by atoms with Crippen molar-refractivity contribution < 1.29 is 20.1 Å². The summed E-state index contributed by atoms with van der Waals surface area (Å²) in [6, 6.07) is 0. The van der Waals surface area contributed by atoms with Gasteiger partial charge in [0, 0.05) is 0 Å². The molecular formula is H5BNa2O4. The molecule has 0 unspecified atom stereocenters. The van der Waals surface area contributed by atoms with Gasteiger partial charge in [-0.15, -0.1) is 0 Å². The van der Waals surface area contributed by atoms with Crippen LogP contribution in [-0.2, 0) is 4.81 Å². The van der Waals surface area contributed by atoms with E-state index in [1.54, 1.807) is 0 Å². The fraction of sp³-hybridized carbons (Fsp3) is 0. The predicted molar refractivity (Wildman–Crippen MR) is 28.2 cm³/mol. The van der Waals surface area contributed by atoms with E-state index in [-0.39, 0.29) is 59.1 Å². The molecule has 4 nitrogen and oxygen atoms in total. The Bertz CT molecular complexity index is 23.7. The zero-order valence-electron chi connectivity index (χ0n) is 2.33. The number of rotatable bonds is 1. The fourth-order valence-electron chi connectivity index (χ4n) is 0. The Balaban J connectivity index is -0.0000000800. The van der Waals surface area contributed by atoms with Crippen molar-refractivity contribution in [3.63, 3.8) is 0 Å². The Kier molecular flexibility index (Phi) is 24.6. The molecule has 0 aromatic rings. The maximum atomic E-state index is 7.44. The first-order valence-electron chi connectivity index (χ1n) is 0.935. The van der Waals surface area contributed by atoms with E-state index in [1.165, 1.54) is 0 Å². The van der Waals surface area contributed by atoms with Crippen LogP contribution in [0, 0.1) is 0 Å². The topological polar surface area (TPSA) is 69.9 Å². The molecule has 0 aliphatic rings. The summed E-state index contributed by atoms with van der Waals surface area (Å²) in [6.45, 7) is 0. The molecular weight excluding hydrogens is 121 g/mol. The monoisotopic (exact) mass is 126 g/mol. The van der Waals surface area contributed by atoms with Gasteiger partial charge in [-0.05, 0) is 0 Å². The van der Waals surface area contributed by atoms with Gasteiger partial charge >= 0.3 is 66.4 Å². The maximum absolute atomic E-state index is 7.44. The molecule has 0 aromatic carbocycles. The van der Waals surface area contributed by atoms with Crippen LogP contribution in [0.1, 0.15) is 0 Å². The summed E-state index contributed by atoms with van der Waals surface area (Å²) in [5, 5.41) is 22.0. The minimum absolute atomic E-state index is 0. The van der Waals surface area contributed by atoms with E-state index < -0.39 is 7.32 Å². The van der Waals surface area contributed by atoms with Crippen LogP contribution in [0.2, 0.25) is 0 Å². The van der Waals surface area contributed by atoms with Crippen LogP contribution in [0.4, 0.5) is 0 Å². The van der Waals surface area contributed by atoms with E-state index in [0.717, 1.165) is 0 Å². The van der Waals surface area contributed by atoms with E-state index in [2.05, 4.69) is 4.81 Å². The molecule has 0 aliphatic carbocycles. The van der Waals surface area contributed by atoms with Crippen molar-refractivity contribution in [3.05, 3.63) is 0 Å². The molecule has 0 fully saturated rings. The quantitative estimate of drug-likeness (QED) is 0.201. The number of hydrogen-bond acceptors (Lipinski definition) is 4. The van der Waals surface area contributed by atoms with E-state index in [9.17, 15) is 0 Å². The molecule has 0 aliphatic heterocycles. The zero-order valence-corrected chi connectivity index (χ0v) is 2.33. The van der Waals surface area contributed by atoms with Gasteiger partial charge in [0.15, 0.2) is 0 Å². The van der Waals surface area contributed by atoms with Gasteiger partial charge in [0.05, 0.1) is 0 Å². The van der Waals surface area contributed by atoms with Crippen molar-refractivity contribution in [3.8, 4) is 0 Å². The standard InChI is InChI=1S/BH3O4.2Na.2H/c2-1(3)5-4;;;;/h2-4H;;;;. The molecule has 7 heavy (non-hydrogen) atoms. The van der Waals surface area contributed by atoms with E-state index in [1.807, 2.05) is 0 Å². The van der Waals surface area contributed by atoms with Crippen LogP contribution in [0.3, 0.4) is 0 Å². The molecule has 0 amide bonds. The normalized spacial score (nSPS) is 5.57. The minimum atomic E-state index is -2.06. The molecule has 0 heterocycles. The fourth-order valence-corrected chi connectivity index (χ4v) is 0. The average Bonchev–Trinajstić information content (AvgIpc) is 1.38. The van der Waals surface area contributed by atoms with Crippen molar-refractivity contribution in [2.75, 3.05) is 0 Å². The molecule has 0 spiro atoms. The van der Waals surface area contributed by atoms with Crippen LogP contribution in [0.25, 0.3) is 0 Å². The summed E-state index contributed by atoms with van der Waals surface area (Å²) in [4.78, 5) is 2.86. The molecule has 0 saturated carbocycles. The van der Waals surface area contributed by atoms with Gasteiger partial charge in [0.2, 0.25) is 0 Å². The van der Waals surface area contributed by atoms with Gasteiger partial charge in [-0.1, -0.05) is 0 Å². The first-order chi connectivity index (χ1) is 2.27. The van der Waals surface area contributed by atoms with E-state index in [0.29, 0.717) is 0 Å². The van der Waals surface area contributed by atoms with Gasteiger partial charge in [0.1, 0.15) is 0 Å². The molecule has 0 saturated heterocycles. The summed E-state index contributed by atoms with van der Waals surface area (Å²) in [7, 11) is -2.06. The van der Waals surface area contributed by atoms with Gasteiger partial charge < -0.3 is 10.0 Å². The summed E-state index contributed by atoms with van der Waals surface area (Å²) < 4.78 is 0. The van der Waals surface area contributed by atoms with Crippen molar-refractivity contribution in [2.45, 2.75) is 0 Å². The molecule has 0 atom stereocenters. The molecule has 3 N–H and O–H groups in total. The van der Waals surface area contributed by atoms with Gasteiger partial charge in [-0.3, -0.25) is 5.26 Å². The molecule has 0 radical (unpaired) electrons. The summed E-state index contributed by atoms with van der Waals surface area (Å²) in [5.74, 6) is 0. The van der Waals surface area contributed by atoms with Crippen molar-refractivity contribution in [1.82, 2.24) is 0 Å². The Morgan fingerprint density at radius 2 is 1.29 bits per heavy atom. The Morgan fingerprint density at radius 1 is 1.14 bits per heavy atom. The Labute approximate surface area is 85.6 Å². The predicted octanol–water partition coefficient (Wildman–Crippen LogP) is -2.85. The molecule has 0 bridgehead atoms. The molecule has 0 rings (SSSR count). The second-order valence-electron chi connectivity index (χ2n) is 0.432. The Hall–Kier alpha value is 1.90. The third kappa shape index (κ3) is 18.1. The second-order valence-corrected chi connectivity index (χ2v) is 0.432. The van der Waals surface area contributed by atoms with Gasteiger partial charge in [0.25, 0.3) is 0 Å². The molecule has 34 valence electrons. The zero-order chi connectivity index (χ0) is 4.28. The van der Waals surface area contributed by atoms with E-state index in [4.69, 9.17) is 15.3 Å². The van der Waals surface area contributed by atoms with Crippen LogP contribution in [0.5, 0.6) is 0 Å². The first-order valence-corrected chi connectivity index (χ1v) is 0.935. The van der Waals surface area contributed by atoms with Crippen LogP contribution in [-0.4, -0.2) is 81.7 Å². The average molecular weight is 126 g/mol. The second kappa shape index (κ2) is 10.8. The first kappa shape index (κ1) is 16.0. The molecule has 0 aromatic heterocycles. The van der Waals surface area contributed by atoms with Gasteiger partial charge in [-0.2, -0.15) is 0 Å². The van der Waals surface area contributed by atoms with E-state index >= 15 is 0 Å². The van der Waals surface area contributed by atoms with Crippen LogP contribution >= 0.6 is 0 Å². The van der Waals surface area contributed by atoms with Crippen molar-refractivity contribution >= 4 is 66.4 Å². The van der Waals surface area contributed by atoms with Gasteiger partial charge in [-0.25, -0.2) is 4.81 Å². The third-order valence-corrected chi connectivity index (χ3v) is 0.0943. The van der Waals surface area contributed by atoms with Crippen LogP contribution < -0.4 is 0 Å². The third-order valence-electron chi connectivity index (χ3n) is 0.0943. The van der Waals surface area contributed by atoms with Crippen molar-refractivity contribution in [1.29, 1.82) is 0 Å². The Morgan fingerprint density at radius 3 is 1.29 bits per heavy atom. The number of hydrogen-bond donors (Lipinski definition) is 3. The summed E-state index contributed by atoms with van der Waals surface area (Å²) >= 11 is 0. The summed E-state index contributed by atoms with van der Waals surface area (Å²) in [6.07, 6.45) is 0. The van der Waals surface area contributed by atoms with Crippen molar-refractivity contribution in [2.24, 2.45) is 0 Å². The molecule has 7 heteroatoms.